The van der Waals surface area contributed by atoms with Crippen LogP contribution in [0.2, 0.25) is 0 Å². The van der Waals surface area contributed by atoms with Crippen molar-refractivity contribution in [3.8, 4) is 33.2 Å². The predicted molar refractivity (Wildman–Crippen MR) is 190 cm³/mol. The van der Waals surface area contributed by atoms with Crippen LogP contribution in [0, 0.1) is 0 Å². The Bertz CT molecular complexity index is 2200. The van der Waals surface area contributed by atoms with E-state index in [4.69, 9.17) is 15.0 Å². The Morgan fingerprint density at radius 3 is 1.91 bits per heavy atom. The van der Waals surface area contributed by atoms with E-state index in [9.17, 15) is 0 Å². The van der Waals surface area contributed by atoms with Gasteiger partial charge in [0.05, 0.1) is 27.6 Å². The highest BCUT2D eigenvalue weighted by molar-refractivity contribution is 7.22. The van der Waals surface area contributed by atoms with Crippen LogP contribution < -0.4 is 4.90 Å². The Kier molecular flexibility index (Phi) is 6.42. The molecule has 0 amide bonds. The molecule has 5 heteroatoms. The van der Waals surface area contributed by atoms with Crippen LogP contribution in [0.15, 0.2) is 158 Å². The van der Waals surface area contributed by atoms with Crippen LogP contribution in [0.1, 0.15) is 17.0 Å². The van der Waals surface area contributed by atoms with Gasteiger partial charge in [0, 0.05) is 28.7 Å². The number of rotatable bonds is 5. The third kappa shape index (κ3) is 4.56. The fourth-order valence-electron chi connectivity index (χ4n) is 6.68. The van der Waals surface area contributed by atoms with Gasteiger partial charge in [0.1, 0.15) is 10.8 Å². The smallest absolute Gasteiger partial charge is 0.162 e. The number of fused-ring (bicyclic) bond motifs is 5. The Labute approximate surface area is 271 Å². The summed E-state index contributed by atoms with van der Waals surface area (Å²) in [6, 6.07) is 48.5. The van der Waals surface area contributed by atoms with Crippen LogP contribution in [0.3, 0.4) is 0 Å². The molecular formula is C41H28N4S. The lowest BCUT2D eigenvalue weighted by Gasteiger charge is -2.29. The molecule has 0 spiro atoms. The molecule has 0 bridgehead atoms. The number of hydrogen-bond donors (Lipinski definition) is 0. The SMILES string of the molecule is C1=CC2C(C=C1c1ccccc1)c1ccc3nc(-c4ccccc4)sc3c1N2c1cc(-c2ccccc2)nc(-c2ccccc2)n1. The Morgan fingerprint density at radius 1 is 0.587 bits per heavy atom. The molecule has 2 atom stereocenters. The van der Waals surface area contributed by atoms with E-state index in [0.29, 0.717) is 5.82 Å². The van der Waals surface area contributed by atoms with Crippen LogP contribution in [0.5, 0.6) is 0 Å². The lowest BCUT2D eigenvalue weighted by Crippen LogP contribution is -2.30. The molecule has 0 radical (unpaired) electrons. The van der Waals surface area contributed by atoms with E-state index in [-0.39, 0.29) is 12.0 Å². The van der Waals surface area contributed by atoms with Crippen molar-refractivity contribution in [3.05, 3.63) is 169 Å². The standard InChI is InChI=1S/C41H28N4S/c1-5-13-27(14-6-1)31-21-24-36-33(25-31)32-22-23-34-39(46-41(43-34)30-19-11-4-12-20-30)38(32)45(36)37-26-35(28-15-7-2-8-16-28)42-40(44-37)29-17-9-3-10-18-29/h1-26,33,36H. The van der Waals surface area contributed by atoms with Crippen molar-refractivity contribution in [3.63, 3.8) is 0 Å². The van der Waals surface area contributed by atoms with Crippen molar-refractivity contribution in [1.29, 1.82) is 0 Å². The first kappa shape index (κ1) is 26.7. The summed E-state index contributed by atoms with van der Waals surface area (Å²) >= 11 is 1.76. The zero-order valence-corrected chi connectivity index (χ0v) is 25.7. The maximum absolute atomic E-state index is 5.29. The van der Waals surface area contributed by atoms with Gasteiger partial charge >= 0.3 is 0 Å². The molecule has 5 aromatic carbocycles. The third-order valence-electron chi connectivity index (χ3n) is 8.85. The van der Waals surface area contributed by atoms with Crippen LogP contribution in [0.4, 0.5) is 11.5 Å². The average Bonchev–Trinajstić information content (AvgIpc) is 3.72. The van der Waals surface area contributed by atoms with Crippen molar-refractivity contribution in [2.75, 3.05) is 4.90 Å². The van der Waals surface area contributed by atoms with Gasteiger partial charge in [-0.3, -0.25) is 0 Å². The summed E-state index contributed by atoms with van der Waals surface area (Å²) in [6.45, 7) is 0. The number of aromatic nitrogens is 3. The number of benzene rings is 5. The maximum atomic E-state index is 5.29. The monoisotopic (exact) mass is 608 g/mol. The summed E-state index contributed by atoms with van der Waals surface area (Å²) in [5.41, 5.74) is 10.0. The van der Waals surface area contributed by atoms with Gasteiger partial charge in [0.15, 0.2) is 5.82 Å². The summed E-state index contributed by atoms with van der Waals surface area (Å²) in [5, 5.41) is 1.02. The summed E-state index contributed by atoms with van der Waals surface area (Å²) in [6.07, 6.45) is 7.05. The Morgan fingerprint density at radius 2 is 1.22 bits per heavy atom. The van der Waals surface area contributed by atoms with Gasteiger partial charge in [-0.15, -0.1) is 11.3 Å². The zero-order chi connectivity index (χ0) is 30.5. The number of anilines is 2. The molecule has 1 aliphatic heterocycles. The minimum absolute atomic E-state index is 0.0532. The second-order valence-electron chi connectivity index (χ2n) is 11.6. The van der Waals surface area contributed by atoms with Crippen LogP contribution in [0.25, 0.3) is 49.0 Å². The van der Waals surface area contributed by atoms with E-state index in [0.717, 1.165) is 38.7 Å². The lowest BCUT2D eigenvalue weighted by atomic mass is 9.86. The van der Waals surface area contributed by atoms with Gasteiger partial charge in [-0.1, -0.05) is 146 Å². The molecule has 3 heterocycles. The molecule has 2 unspecified atom stereocenters. The highest BCUT2D eigenvalue weighted by atomic mass is 32.1. The van der Waals surface area contributed by atoms with Crippen LogP contribution in [-0.4, -0.2) is 21.0 Å². The molecular weight excluding hydrogens is 581 g/mol. The first-order chi connectivity index (χ1) is 22.8. The third-order valence-corrected chi connectivity index (χ3v) is 9.98. The number of hydrogen-bond acceptors (Lipinski definition) is 5. The van der Waals surface area contributed by atoms with Crippen molar-refractivity contribution < 1.29 is 0 Å². The minimum atomic E-state index is 0.0532. The molecule has 1 aliphatic carbocycles. The minimum Gasteiger partial charge on any atom is -0.317 e. The molecule has 7 aromatic rings. The zero-order valence-electron chi connectivity index (χ0n) is 24.9. The van der Waals surface area contributed by atoms with Gasteiger partial charge in [-0.05, 0) is 22.8 Å². The second-order valence-corrected chi connectivity index (χ2v) is 12.6. The second kappa shape index (κ2) is 11.1. The molecule has 0 fully saturated rings. The van der Waals surface area contributed by atoms with E-state index in [2.05, 4.69) is 132 Å². The van der Waals surface area contributed by atoms with E-state index in [1.807, 2.05) is 30.3 Å². The molecule has 2 aliphatic rings. The van der Waals surface area contributed by atoms with E-state index >= 15 is 0 Å². The van der Waals surface area contributed by atoms with Crippen molar-refractivity contribution in [1.82, 2.24) is 15.0 Å². The van der Waals surface area contributed by atoms with E-state index in [1.165, 1.54) is 27.1 Å². The van der Waals surface area contributed by atoms with Gasteiger partial charge in [0.2, 0.25) is 0 Å². The predicted octanol–water partition coefficient (Wildman–Crippen LogP) is 10.3. The van der Waals surface area contributed by atoms with Gasteiger partial charge in [-0.2, -0.15) is 0 Å². The molecule has 0 saturated carbocycles. The van der Waals surface area contributed by atoms with Crippen molar-refractivity contribution in [2.45, 2.75) is 12.0 Å². The summed E-state index contributed by atoms with van der Waals surface area (Å²) in [5.74, 6) is 1.74. The van der Waals surface area contributed by atoms with Crippen LogP contribution in [-0.2, 0) is 0 Å². The topological polar surface area (TPSA) is 41.9 Å². The number of thiazole rings is 1. The van der Waals surface area contributed by atoms with E-state index < -0.39 is 0 Å². The molecule has 4 nitrogen and oxygen atoms in total. The fourth-order valence-corrected chi connectivity index (χ4v) is 7.80. The lowest BCUT2D eigenvalue weighted by molar-refractivity contribution is 0.740. The quantitative estimate of drug-likeness (QED) is 0.195. The fraction of sp³-hybridized carbons (Fsp3) is 0.0488. The van der Waals surface area contributed by atoms with Crippen LogP contribution >= 0.6 is 11.3 Å². The molecule has 46 heavy (non-hydrogen) atoms. The molecule has 0 N–H and O–H groups in total. The first-order valence-corrected chi connectivity index (χ1v) is 16.4. The van der Waals surface area contributed by atoms with Crippen molar-refractivity contribution in [2.24, 2.45) is 0 Å². The summed E-state index contributed by atoms with van der Waals surface area (Å²) in [7, 11) is 0. The maximum Gasteiger partial charge on any atom is 0.162 e. The normalized spacial score (nSPS) is 16.7. The van der Waals surface area contributed by atoms with Gasteiger partial charge in [-0.25, -0.2) is 15.0 Å². The Balaban J connectivity index is 1.28. The summed E-state index contributed by atoms with van der Waals surface area (Å²) < 4.78 is 1.18. The average molecular weight is 609 g/mol. The molecule has 0 saturated heterocycles. The van der Waals surface area contributed by atoms with Gasteiger partial charge < -0.3 is 4.90 Å². The number of nitrogens with zero attached hydrogens (tertiary/aromatic N) is 4. The highest BCUT2D eigenvalue weighted by Gasteiger charge is 2.41. The highest BCUT2D eigenvalue weighted by Crippen LogP contribution is 2.53. The summed E-state index contributed by atoms with van der Waals surface area (Å²) in [4.78, 5) is 17.9. The molecule has 218 valence electrons. The Hall–Kier alpha value is -5.65. The number of allylic oxidation sites excluding steroid dienone is 2. The largest absolute Gasteiger partial charge is 0.317 e. The van der Waals surface area contributed by atoms with E-state index in [1.54, 1.807) is 11.3 Å². The first-order valence-electron chi connectivity index (χ1n) is 15.5. The van der Waals surface area contributed by atoms with Crippen molar-refractivity contribution >= 4 is 38.6 Å². The molecule has 2 aromatic heterocycles. The molecule has 9 rings (SSSR count). The van der Waals surface area contributed by atoms with Gasteiger partial charge in [0.25, 0.3) is 0 Å².